The fourth-order valence-corrected chi connectivity index (χ4v) is 4.47. The molecule has 0 spiro atoms. The third-order valence-corrected chi connectivity index (χ3v) is 5.80. The summed E-state index contributed by atoms with van der Waals surface area (Å²) in [5, 5.41) is 11.0. The molecule has 1 fully saturated rings. The van der Waals surface area contributed by atoms with Gasteiger partial charge < -0.3 is 5.11 Å². The van der Waals surface area contributed by atoms with E-state index in [9.17, 15) is 18.3 Å². The van der Waals surface area contributed by atoms with Crippen LogP contribution in [0.1, 0.15) is 30.1 Å². The monoisotopic (exact) mass is 348 g/mol. The average molecular weight is 348 g/mol. The van der Waals surface area contributed by atoms with Crippen molar-refractivity contribution < 1.29 is 18.3 Å². The fraction of sp³-hybridized carbons (Fsp3) is 0.353. The molecule has 1 saturated heterocycles. The van der Waals surface area contributed by atoms with Crippen molar-refractivity contribution in [2.75, 3.05) is 17.8 Å². The zero-order valence-electron chi connectivity index (χ0n) is 13.4. The van der Waals surface area contributed by atoms with Crippen molar-refractivity contribution in [2.45, 2.75) is 19.8 Å². The largest absolute Gasteiger partial charge is 0.478 e. The molecule has 1 heterocycles. The summed E-state index contributed by atoms with van der Waals surface area (Å²) in [6.45, 7) is 2.92. The summed E-state index contributed by atoms with van der Waals surface area (Å²) in [6, 6.07) is 10.3. The molecular weight excluding hydrogens is 328 g/mol. The highest BCUT2D eigenvalue weighted by atomic mass is 32.2. The van der Waals surface area contributed by atoms with Crippen LogP contribution in [0.3, 0.4) is 0 Å². The van der Waals surface area contributed by atoms with E-state index >= 15 is 0 Å². The number of carboxylic acids is 1. The lowest BCUT2D eigenvalue weighted by molar-refractivity contribution is 0.0698. The van der Waals surface area contributed by atoms with Crippen LogP contribution in [-0.2, 0) is 10.2 Å². The van der Waals surface area contributed by atoms with Gasteiger partial charge in [0.25, 0.3) is 0 Å². The Morgan fingerprint density at radius 1 is 1.25 bits per heavy atom. The van der Waals surface area contributed by atoms with Crippen LogP contribution in [0.2, 0.25) is 0 Å². The standard InChI is InChI=1S/C17H20N2O4S/c1-12-5-4-8-19(11-12)24(22,23)18-16-10-14-7-3-2-6-13(14)9-15(16)17(20)21/h2-3,6-7,9-10,12,18H,4-5,8,11H2,1H3,(H,20,21). The molecule has 2 aromatic rings. The molecule has 1 aliphatic heterocycles. The maximum Gasteiger partial charge on any atom is 0.337 e. The van der Waals surface area contributed by atoms with Gasteiger partial charge in [0.15, 0.2) is 0 Å². The Morgan fingerprint density at radius 3 is 2.54 bits per heavy atom. The van der Waals surface area contributed by atoms with Gasteiger partial charge in [0, 0.05) is 13.1 Å². The second kappa shape index (κ2) is 6.41. The number of hydrogen-bond acceptors (Lipinski definition) is 3. The van der Waals surface area contributed by atoms with E-state index in [4.69, 9.17) is 0 Å². The van der Waals surface area contributed by atoms with Crippen LogP contribution < -0.4 is 4.72 Å². The number of carbonyl (C=O) groups is 1. The fourth-order valence-electron chi connectivity index (χ4n) is 3.07. The third kappa shape index (κ3) is 3.37. The molecule has 0 amide bonds. The number of fused-ring (bicyclic) bond motifs is 1. The quantitative estimate of drug-likeness (QED) is 0.889. The average Bonchev–Trinajstić information content (AvgIpc) is 2.53. The van der Waals surface area contributed by atoms with Crippen molar-refractivity contribution in [2.24, 2.45) is 5.92 Å². The zero-order valence-corrected chi connectivity index (χ0v) is 14.2. The molecular formula is C17H20N2O4S. The van der Waals surface area contributed by atoms with Crippen molar-refractivity contribution in [1.29, 1.82) is 0 Å². The number of nitrogens with one attached hydrogen (secondary N) is 1. The van der Waals surface area contributed by atoms with E-state index < -0.39 is 16.2 Å². The van der Waals surface area contributed by atoms with Crippen LogP contribution >= 0.6 is 0 Å². The van der Waals surface area contributed by atoms with Crippen LogP contribution in [0.4, 0.5) is 5.69 Å². The topological polar surface area (TPSA) is 86.7 Å². The normalized spacial score (nSPS) is 19.3. The molecule has 0 radical (unpaired) electrons. The highest BCUT2D eigenvalue weighted by Crippen LogP contribution is 2.27. The second-order valence-electron chi connectivity index (χ2n) is 6.26. The molecule has 0 bridgehead atoms. The highest BCUT2D eigenvalue weighted by molar-refractivity contribution is 7.90. The van der Waals surface area contributed by atoms with Gasteiger partial charge in [0.05, 0.1) is 11.3 Å². The van der Waals surface area contributed by atoms with Crippen molar-refractivity contribution in [3.05, 3.63) is 42.0 Å². The van der Waals surface area contributed by atoms with Gasteiger partial charge in [-0.3, -0.25) is 4.72 Å². The van der Waals surface area contributed by atoms with Gasteiger partial charge in [0.1, 0.15) is 0 Å². The minimum absolute atomic E-state index is 0.0534. The molecule has 1 atom stereocenters. The maximum absolute atomic E-state index is 12.6. The summed E-state index contributed by atoms with van der Waals surface area (Å²) in [4.78, 5) is 11.5. The highest BCUT2D eigenvalue weighted by Gasteiger charge is 2.28. The van der Waals surface area contributed by atoms with Crippen molar-refractivity contribution >= 4 is 32.6 Å². The summed E-state index contributed by atoms with van der Waals surface area (Å²) >= 11 is 0. The van der Waals surface area contributed by atoms with Gasteiger partial charge in [-0.05, 0) is 41.7 Å². The Morgan fingerprint density at radius 2 is 1.92 bits per heavy atom. The van der Waals surface area contributed by atoms with Crippen LogP contribution in [-0.4, -0.2) is 36.9 Å². The number of hydrogen-bond donors (Lipinski definition) is 2. The number of aromatic carboxylic acids is 1. The minimum Gasteiger partial charge on any atom is -0.478 e. The van der Waals surface area contributed by atoms with Gasteiger partial charge in [-0.25, -0.2) is 4.79 Å². The molecule has 2 N–H and O–H groups in total. The van der Waals surface area contributed by atoms with Gasteiger partial charge in [-0.1, -0.05) is 31.2 Å². The molecule has 1 aliphatic rings. The summed E-state index contributed by atoms with van der Waals surface area (Å²) in [5.74, 6) is -0.865. The van der Waals surface area contributed by atoms with E-state index in [0.717, 1.165) is 23.6 Å². The first kappa shape index (κ1) is 16.7. The molecule has 1 unspecified atom stereocenters. The van der Waals surface area contributed by atoms with Crippen molar-refractivity contribution in [3.8, 4) is 0 Å². The first-order chi connectivity index (χ1) is 11.4. The summed E-state index contributed by atoms with van der Waals surface area (Å²) in [7, 11) is -3.77. The molecule has 7 heteroatoms. The van der Waals surface area contributed by atoms with Gasteiger partial charge >= 0.3 is 16.2 Å². The third-order valence-electron chi connectivity index (χ3n) is 4.31. The Labute approximate surface area is 141 Å². The lowest BCUT2D eigenvalue weighted by Gasteiger charge is -2.30. The number of benzene rings is 2. The summed E-state index contributed by atoms with van der Waals surface area (Å²) < 4.78 is 29.1. The summed E-state index contributed by atoms with van der Waals surface area (Å²) in [6.07, 6.45) is 1.81. The molecule has 0 saturated carbocycles. The van der Waals surface area contributed by atoms with E-state index in [-0.39, 0.29) is 11.3 Å². The van der Waals surface area contributed by atoms with Gasteiger partial charge in [-0.15, -0.1) is 0 Å². The molecule has 24 heavy (non-hydrogen) atoms. The number of nitrogens with zero attached hydrogens (tertiary/aromatic N) is 1. The number of carboxylic acid groups (broad SMARTS) is 1. The van der Waals surface area contributed by atoms with Crippen LogP contribution in [0.15, 0.2) is 36.4 Å². The van der Waals surface area contributed by atoms with Gasteiger partial charge in [-0.2, -0.15) is 12.7 Å². The molecule has 3 rings (SSSR count). The predicted octanol–water partition coefficient (Wildman–Crippen LogP) is 2.93. The maximum atomic E-state index is 12.6. The van der Waals surface area contributed by atoms with Crippen LogP contribution in [0, 0.1) is 5.92 Å². The Kier molecular flexibility index (Phi) is 4.47. The number of rotatable bonds is 4. The Balaban J connectivity index is 1.99. The van der Waals surface area contributed by atoms with E-state index in [1.54, 1.807) is 12.1 Å². The second-order valence-corrected chi connectivity index (χ2v) is 7.93. The number of piperidine rings is 1. The molecule has 2 aromatic carbocycles. The van der Waals surface area contributed by atoms with E-state index in [1.165, 1.54) is 10.4 Å². The zero-order chi connectivity index (χ0) is 17.3. The lowest BCUT2D eigenvalue weighted by Crippen LogP contribution is -2.42. The van der Waals surface area contributed by atoms with E-state index in [0.29, 0.717) is 19.0 Å². The lowest BCUT2D eigenvalue weighted by atomic mass is 10.0. The predicted molar refractivity (Wildman–Crippen MR) is 93.4 cm³/mol. The molecule has 6 nitrogen and oxygen atoms in total. The van der Waals surface area contributed by atoms with Crippen molar-refractivity contribution in [3.63, 3.8) is 0 Å². The molecule has 0 aromatic heterocycles. The van der Waals surface area contributed by atoms with E-state index in [2.05, 4.69) is 4.72 Å². The molecule has 128 valence electrons. The minimum atomic E-state index is -3.77. The van der Waals surface area contributed by atoms with Crippen LogP contribution in [0.5, 0.6) is 0 Å². The smallest absolute Gasteiger partial charge is 0.337 e. The SMILES string of the molecule is CC1CCCN(S(=O)(=O)Nc2cc3ccccc3cc2C(=O)O)C1. The van der Waals surface area contributed by atoms with Crippen molar-refractivity contribution in [1.82, 2.24) is 4.31 Å². The van der Waals surface area contributed by atoms with Crippen LogP contribution in [0.25, 0.3) is 10.8 Å². The summed E-state index contributed by atoms with van der Waals surface area (Å²) in [5.41, 5.74) is 0.0433. The Hall–Kier alpha value is -2.12. The first-order valence-corrected chi connectivity index (χ1v) is 9.35. The number of anilines is 1. The molecule has 0 aliphatic carbocycles. The Bertz CT molecular complexity index is 879. The van der Waals surface area contributed by atoms with Gasteiger partial charge in [0.2, 0.25) is 0 Å². The van der Waals surface area contributed by atoms with E-state index in [1.807, 2.05) is 25.1 Å². The first-order valence-electron chi connectivity index (χ1n) is 7.91.